The van der Waals surface area contributed by atoms with Crippen molar-refractivity contribution in [1.29, 1.82) is 0 Å². The average molecular weight is 502 g/mol. The van der Waals surface area contributed by atoms with Gasteiger partial charge in [0.1, 0.15) is 5.75 Å². The molecule has 0 aromatic heterocycles. The highest BCUT2D eigenvalue weighted by molar-refractivity contribution is 8.31. The summed E-state index contributed by atoms with van der Waals surface area (Å²) in [5, 5.41) is 2.76. The van der Waals surface area contributed by atoms with Crippen LogP contribution >= 0.6 is 10.3 Å². The fourth-order valence-electron chi connectivity index (χ4n) is 2.82. The fraction of sp³-hybridized carbons (Fsp3) is 0.478. The van der Waals surface area contributed by atoms with E-state index in [-0.39, 0.29) is 5.91 Å². The van der Waals surface area contributed by atoms with Gasteiger partial charge < -0.3 is 10.1 Å². The quantitative estimate of drug-likeness (QED) is 0.154. The summed E-state index contributed by atoms with van der Waals surface area (Å²) in [5.74, 6) is -0.232. The molecule has 0 saturated carbocycles. The van der Waals surface area contributed by atoms with E-state index in [9.17, 15) is 18.0 Å². The number of esters is 1. The lowest BCUT2D eigenvalue weighted by atomic mass is 10.1. The van der Waals surface area contributed by atoms with Gasteiger partial charge in [0, 0.05) is 17.5 Å². The van der Waals surface area contributed by atoms with Gasteiger partial charge in [0.15, 0.2) is 0 Å². The first kappa shape index (κ1) is 28.9. The maximum atomic E-state index is 12.0. The van der Waals surface area contributed by atoms with Crippen molar-refractivity contribution in [2.45, 2.75) is 49.8 Å². The first-order chi connectivity index (χ1) is 15.6. The Morgan fingerprint density at radius 3 is 2.21 bits per heavy atom. The summed E-state index contributed by atoms with van der Waals surface area (Å²) in [4.78, 5) is 23.6. The van der Waals surface area contributed by atoms with Crippen molar-refractivity contribution < 1.29 is 30.6 Å². The normalized spacial score (nSPS) is 12.5. The molecular formula is C23H35NO7S2. The molecule has 0 aliphatic rings. The Balaban J connectivity index is 2.26. The smallest absolute Gasteiger partial charge is 0.409 e. The Morgan fingerprint density at radius 1 is 1.00 bits per heavy atom. The van der Waals surface area contributed by atoms with Gasteiger partial charge in [0.2, 0.25) is 5.91 Å². The third-order valence-corrected chi connectivity index (χ3v) is 8.45. The van der Waals surface area contributed by atoms with E-state index >= 15 is 0 Å². The number of benzene rings is 1. The van der Waals surface area contributed by atoms with Crippen LogP contribution in [0.3, 0.4) is 0 Å². The van der Waals surface area contributed by atoms with E-state index in [1.165, 1.54) is 12.2 Å². The van der Waals surface area contributed by atoms with Crippen molar-refractivity contribution in [3.63, 3.8) is 0 Å². The van der Waals surface area contributed by atoms with Crippen LogP contribution in [0.25, 0.3) is 0 Å². The lowest BCUT2D eigenvalue weighted by Gasteiger charge is -2.29. The number of unbranched alkanes of at least 4 members (excludes halogenated alkanes) is 6. The predicted molar refractivity (Wildman–Crippen MR) is 131 cm³/mol. The number of nitrogens with one attached hydrogen (secondary N) is 1. The second-order valence-electron chi connectivity index (χ2n) is 7.58. The van der Waals surface area contributed by atoms with Crippen molar-refractivity contribution in [2.24, 2.45) is 0 Å². The fourth-order valence-corrected chi connectivity index (χ4v) is 5.81. The summed E-state index contributed by atoms with van der Waals surface area (Å²) >= 11 is 0. The van der Waals surface area contributed by atoms with Crippen molar-refractivity contribution >= 4 is 32.6 Å². The van der Waals surface area contributed by atoms with E-state index < -0.39 is 26.7 Å². The molecule has 0 saturated heterocycles. The number of hydrogen-bond donors (Lipinski definition) is 1. The molecule has 10 heteroatoms. The van der Waals surface area contributed by atoms with Crippen LogP contribution in [0.1, 0.15) is 44.9 Å². The van der Waals surface area contributed by atoms with Gasteiger partial charge in [0.05, 0.1) is 7.11 Å². The van der Waals surface area contributed by atoms with Crippen molar-refractivity contribution in [2.75, 3.05) is 26.2 Å². The highest BCUT2D eigenvalue weighted by atomic mass is 32.3. The van der Waals surface area contributed by atoms with Crippen LogP contribution in [-0.2, 0) is 27.8 Å². The molecule has 1 N–H and O–H groups in total. The van der Waals surface area contributed by atoms with Crippen molar-refractivity contribution in [3.8, 4) is 5.75 Å². The van der Waals surface area contributed by atoms with Gasteiger partial charge in [0.25, 0.3) is 0 Å². The summed E-state index contributed by atoms with van der Waals surface area (Å²) in [7, 11) is -5.12. The van der Waals surface area contributed by atoms with Crippen LogP contribution in [0, 0.1) is 0 Å². The van der Waals surface area contributed by atoms with Crippen LogP contribution in [0.4, 0.5) is 0 Å². The monoisotopic (exact) mass is 501 g/mol. The van der Waals surface area contributed by atoms with Crippen LogP contribution in [-0.4, -0.2) is 46.5 Å². The molecule has 0 aliphatic carbocycles. The van der Waals surface area contributed by atoms with Crippen LogP contribution in [0.15, 0.2) is 54.0 Å². The molecule has 1 aromatic rings. The minimum atomic E-state index is -4.06. The SMILES string of the molecule is C=CC(=O)NCCCCCCCCC=CC(=O)Oc1ccc(S(C)(C)OS(=O)(=O)OC)cc1. The summed E-state index contributed by atoms with van der Waals surface area (Å²) in [6.07, 6.45) is 15.0. The van der Waals surface area contributed by atoms with Crippen LogP contribution in [0.2, 0.25) is 0 Å². The van der Waals surface area contributed by atoms with E-state index in [1.807, 2.05) is 0 Å². The van der Waals surface area contributed by atoms with E-state index in [4.69, 9.17) is 8.37 Å². The van der Waals surface area contributed by atoms with E-state index in [0.717, 1.165) is 52.1 Å². The summed E-state index contributed by atoms with van der Waals surface area (Å²) in [5.41, 5.74) is 0. The molecule has 0 bridgehead atoms. The summed E-state index contributed by atoms with van der Waals surface area (Å²) < 4.78 is 37.8. The molecule has 1 aromatic carbocycles. The molecule has 0 fully saturated rings. The van der Waals surface area contributed by atoms with Gasteiger partial charge in [-0.2, -0.15) is 12.0 Å². The molecule has 8 nitrogen and oxygen atoms in total. The molecule has 0 radical (unpaired) electrons. The van der Waals surface area contributed by atoms with Gasteiger partial charge in [-0.3, -0.25) is 8.98 Å². The van der Waals surface area contributed by atoms with Crippen LogP contribution < -0.4 is 10.1 Å². The highest BCUT2D eigenvalue weighted by Gasteiger charge is 2.24. The molecule has 0 aliphatic heterocycles. The second-order valence-corrected chi connectivity index (χ2v) is 12.2. The summed E-state index contributed by atoms with van der Waals surface area (Å²) in [6, 6.07) is 6.53. The number of amides is 1. The topological polar surface area (TPSA) is 108 Å². The average Bonchev–Trinajstić information content (AvgIpc) is 2.77. The number of carbonyl (C=O) groups is 2. The van der Waals surface area contributed by atoms with Gasteiger partial charge in [-0.05, 0) is 62.1 Å². The zero-order valence-corrected chi connectivity index (χ0v) is 21.2. The molecule has 1 amide bonds. The molecule has 0 unspecified atom stereocenters. The zero-order chi connectivity index (χ0) is 24.7. The number of carbonyl (C=O) groups excluding carboxylic acids is 2. The maximum absolute atomic E-state index is 12.0. The third-order valence-electron chi connectivity index (χ3n) is 4.60. The Hall–Kier alpha value is -2.14. The van der Waals surface area contributed by atoms with Crippen LogP contribution in [0.5, 0.6) is 5.75 Å². The molecular weight excluding hydrogens is 466 g/mol. The standard InChI is InChI=1S/C23H35NO7S2/c1-5-22(25)24-19-13-11-9-7-6-8-10-12-14-23(26)30-20-15-17-21(18-16-20)32(3,4)31-33(27,28)29-2/h5,12,14-18H,1,6-11,13,19H2,2-4H3,(H,24,25). The number of rotatable bonds is 16. The maximum Gasteiger partial charge on any atom is 0.409 e. The molecule has 1 rings (SSSR count). The first-order valence-corrected chi connectivity index (χ1v) is 14.4. The zero-order valence-electron chi connectivity index (χ0n) is 19.6. The highest BCUT2D eigenvalue weighted by Crippen LogP contribution is 2.51. The lowest BCUT2D eigenvalue weighted by Crippen LogP contribution is -2.21. The van der Waals surface area contributed by atoms with Gasteiger partial charge in [-0.15, -0.1) is 0 Å². The third kappa shape index (κ3) is 12.6. The number of allylic oxidation sites excluding steroid dienone is 1. The minimum absolute atomic E-state index is 0.132. The van der Waals surface area contributed by atoms with Gasteiger partial charge >= 0.3 is 16.4 Å². The first-order valence-electron chi connectivity index (χ1n) is 10.7. The summed E-state index contributed by atoms with van der Waals surface area (Å²) in [6.45, 7) is 4.09. The molecule has 0 atom stereocenters. The second kappa shape index (κ2) is 14.9. The molecule has 0 spiro atoms. The van der Waals surface area contributed by atoms with E-state index in [2.05, 4.69) is 16.1 Å². The van der Waals surface area contributed by atoms with Crippen molar-refractivity contribution in [1.82, 2.24) is 5.32 Å². The Kier molecular flexibility index (Phi) is 13.0. The minimum Gasteiger partial charge on any atom is -0.423 e. The lowest BCUT2D eigenvalue weighted by molar-refractivity contribution is -0.129. The largest absolute Gasteiger partial charge is 0.423 e. The van der Waals surface area contributed by atoms with E-state index in [0.29, 0.717) is 17.2 Å². The molecule has 186 valence electrons. The molecule has 0 heterocycles. The number of ether oxygens (including phenoxy) is 1. The number of hydrogen-bond acceptors (Lipinski definition) is 7. The Bertz CT molecular complexity index is 894. The van der Waals surface area contributed by atoms with E-state index in [1.54, 1.807) is 42.9 Å². The Morgan fingerprint density at radius 2 is 1.61 bits per heavy atom. The van der Waals surface area contributed by atoms with Gasteiger partial charge in [-0.1, -0.05) is 48.6 Å². The predicted octanol–water partition coefficient (Wildman–Crippen LogP) is 4.43. The van der Waals surface area contributed by atoms with Gasteiger partial charge in [-0.25, -0.2) is 4.79 Å². The Labute approximate surface area is 199 Å². The molecule has 33 heavy (non-hydrogen) atoms. The van der Waals surface area contributed by atoms with Crippen molar-refractivity contribution in [3.05, 3.63) is 49.1 Å².